The first-order valence-electron chi connectivity index (χ1n) is 5.48. The summed E-state index contributed by atoms with van der Waals surface area (Å²) >= 11 is 6.97. The molecule has 0 radical (unpaired) electrons. The number of hydrogen-bond donors (Lipinski definition) is 0. The van der Waals surface area contributed by atoms with Gasteiger partial charge < -0.3 is 4.74 Å². The Bertz CT molecular complexity index is 558. The van der Waals surface area contributed by atoms with Crippen LogP contribution in [0.25, 0.3) is 0 Å². The highest BCUT2D eigenvalue weighted by Gasteiger charge is 2.07. The smallest absolute Gasteiger partial charge is 0.173 e. The van der Waals surface area contributed by atoms with Gasteiger partial charge in [0.1, 0.15) is 10.8 Å². The highest BCUT2D eigenvalue weighted by Crippen LogP contribution is 2.18. The molecule has 6 heteroatoms. The Morgan fingerprint density at radius 2 is 1.95 bits per heavy atom. The van der Waals surface area contributed by atoms with Crippen LogP contribution in [-0.2, 0) is 0 Å². The molecule has 0 N–H and O–H groups in total. The van der Waals surface area contributed by atoms with Gasteiger partial charge in [-0.1, -0.05) is 23.4 Å². The van der Waals surface area contributed by atoms with Crippen molar-refractivity contribution in [3.05, 3.63) is 47.1 Å². The summed E-state index contributed by atoms with van der Waals surface area (Å²) in [6.07, 6.45) is 0. The minimum atomic E-state index is 0.0319. The van der Waals surface area contributed by atoms with E-state index in [4.69, 9.17) is 16.3 Å². The molecule has 0 fully saturated rings. The zero-order chi connectivity index (χ0) is 13.7. The SMILES string of the molecule is COc1ccc(C(=O)CSc2ccc(Cl)nn2)cc1. The molecule has 0 amide bonds. The molecule has 1 aromatic carbocycles. The van der Waals surface area contributed by atoms with Crippen molar-refractivity contribution >= 4 is 29.1 Å². The normalized spacial score (nSPS) is 10.2. The fraction of sp³-hybridized carbons (Fsp3) is 0.154. The summed E-state index contributed by atoms with van der Waals surface area (Å²) in [6, 6.07) is 10.4. The standard InChI is InChI=1S/C13H11ClN2O2S/c1-18-10-4-2-9(3-5-10)11(17)8-19-13-7-6-12(14)15-16-13/h2-7H,8H2,1H3. The summed E-state index contributed by atoms with van der Waals surface area (Å²) in [4.78, 5) is 11.9. The molecule has 0 aliphatic heterocycles. The molecule has 4 nitrogen and oxygen atoms in total. The first-order valence-corrected chi connectivity index (χ1v) is 6.84. The highest BCUT2D eigenvalue weighted by molar-refractivity contribution is 7.99. The number of Topliss-reactive ketones (excluding diaryl/α,β-unsaturated/α-hetero) is 1. The van der Waals surface area contributed by atoms with Crippen molar-refractivity contribution in [1.29, 1.82) is 0 Å². The number of methoxy groups -OCH3 is 1. The molecule has 0 atom stereocenters. The molecule has 0 saturated heterocycles. The Morgan fingerprint density at radius 3 is 2.53 bits per heavy atom. The van der Waals surface area contributed by atoms with Crippen molar-refractivity contribution in [1.82, 2.24) is 10.2 Å². The van der Waals surface area contributed by atoms with Gasteiger partial charge in [-0.2, -0.15) is 0 Å². The van der Waals surface area contributed by atoms with Crippen LogP contribution in [0.2, 0.25) is 5.15 Å². The molecule has 1 heterocycles. The number of halogens is 1. The number of nitrogens with zero attached hydrogens (tertiary/aromatic N) is 2. The molecule has 0 aliphatic carbocycles. The minimum Gasteiger partial charge on any atom is -0.497 e. The van der Waals surface area contributed by atoms with Crippen LogP contribution in [0, 0.1) is 0 Å². The summed E-state index contributed by atoms with van der Waals surface area (Å²) in [5.74, 6) is 1.07. The van der Waals surface area contributed by atoms with Crippen molar-refractivity contribution in [3.8, 4) is 5.75 Å². The molecule has 0 spiro atoms. The molecule has 19 heavy (non-hydrogen) atoms. The van der Waals surface area contributed by atoms with E-state index in [9.17, 15) is 4.79 Å². The van der Waals surface area contributed by atoms with Crippen LogP contribution in [0.1, 0.15) is 10.4 Å². The molecule has 0 aliphatic rings. The number of benzene rings is 1. The largest absolute Gasteiger partial charge is 0.497 e. The van der Waals surface area contributed by atoms with Gasteiger partial charge in [0, 0.05) is 5.56 Å². The monoisotopic (exact) mass is 294 g/mol. The maximum absolute atomic E-state index is 11.9. The Morgan fingerprint density at radius 1 is 1.21 bits per heavy atom. The Kier molecular flexibility index (Phi) is 4.76. The molecule has 0 unspecified atom stereocenters. The lowest BCUT2D eigenvalue weighted by atomic mass is 10.1. The van der Waals surface area contributed by atoms with Crippen LogP contribution in [0.15, 0.2) is 41.4 Å². The Balaban J connectivity index is 1.95. The lowest BCUT2D eigenvalue weighted by Crippen LogP contribution is -2.02. The Hall–Kier alpha value is -1.59. The summed E-state index contributed by atoms with van der Waals surface area (Å²) in [6.45, 7) is 0. The molecule has 2 aromatic rings. The van der Waals surface area contributed by atoms with Crippen LogP contribution < -0.4 is 4.74 Å². The number of ketones is 1. The highest BCUT2D eigenvalue weighted by atomic mass is 35.5. The number of carbonyl (C=O) groups is 1. The Labute approximate surface area is 120 Å². The maximum atomic E-state index is 11.9. The summed E-state index contributed by atoms with van der Waals surface area (Å²) < 4.78 is 5.04. The third-order valence-electron chi connectivity index (χ3n) is 2.37. The lowest BCUT2D eigenvalue weighted by Gasteiger charge is -2.02. The van der Waals surface area contributed by atoms with Crippen molar-refractivity contribution < 1.29 is 9.53 Å². The van der Waals surface area contributed by atoms with E-state index < -0.39 is 0 Å². The first kappa shape index (κ1) is 13.8. The minimum absolute atomic E-state index is 0.0319. The zero-order valence-corrected chi connectivity index (χ0v) is 11.7. The lowest BCUT2D eigenvalue weighted by molar-refractivity contribution is 0.102. The van der Waals surface area contributed by atoms with Crippen LogP contribution in [-0.4, -0.2) is 28.8 Å². The second kappa shape index (κ2) is 6.54. The number of rotatable bonds is 5. The van der Waals surface area contributed by atoms with Gasteiger partial charge in [0.15, 0.2) is 10.9 Å². The van der Waals surface area contributed by atoms with Gasteiger partial charge >= 0.3 is 0 Å². The van der Waals surface area contributed by atoms with E-state index in [-0.39, 0.29) is 5.78 Å². The van der Waals surface area contributed by atoms with Gasteiger partial charge in [-0.05, 0) is 36.4 Å². The van der Waals surface area contributed by atoms with Crippen LogP contribution in [0.4, 0.5) is 0 Å². The molecule has 0 bridgehead atoms. The molecule has 2 rings (SSSR count). The van der Waals surface area contributed by atoms with E-state index in [0.717, 1.165) is 5.75 Å². The molecular formula is C13H11ClN2O2S. The van der Waals surface area contributed by atoms with E-state index in [1.807, 2.05) is 0 Å². The summed E-state index contributed by atoms with van der Waals surface area (Å²) in [7, 11) is 1.59. The topological polar surface area (TPSA) is 52.1 Å². The van der Waals surface area contributed by atoms with Crippen molar-refractivity contribution in [3.63, 3.8) is 0 Å². The number of aromatic nitrogens is 2. The van der Waals surface area contributed by atoms with Crippen LogP contribution in [0.3, 0.4) is 0 Å². The first-order chi connectivity index (χ1) is 9.19. The van der Waals surface area contributed by atoms with Gasteiger partial charge in [-0.3, -0.25) is 4.79 Å². The van der Waals surface area contributed by atoms with E-state index in [1.54, 1.807) is 43.5 Å². The fourth-order valence-corrected chi connectivity index (χ4v) is 2.19. The summed E-state index contributed by atoms with van der Waals surface area (Å²) in [5, 5.41) is 8.61. The van der Waals surface area contributed by atoms with Gasteiger partial charge in [-0.15, -0.1) is 10.2 Å². The number of hydrogen-bond acceptors (Lipinski definition) is 5. The average Bonchev–Trinajstić information content (AvgIpc) is 2.46. The fourth-order valence-electron chi connectivity index (χ4n) is 1.38. The number of thioether (sulfide) groups is 1. The quantitative estimate of drug-likeness (QED) is 0.626. The van der Waals surface area contributed by atoms with E-state index in [2.05, 4.69) is 10.2 Å². The van der Waals surface area contributed by atoms with Crippen LogP contribution >= 0.6 is 23.4 Å². The predicted octanol–water partition coefficient (Wildman–Crippen LogP) is 3.11. The van der Waals surface area contributed by atoms with E-state index >= 15 is 0 Å². The van der Waals surface area contributed by atoms with Gasteiger partial charge in [0.25, 0.3) is 0 Å². The van der Waals surface area contributed by atoms with Crippen molar-refractivity contribution in [2.45, 2.75) is 5.03 Å². The number of carbonyl (C=O) groups excluding carboxylic acids is 1. The average molecular weight is 295 g/mol. The van der Waals surface area contributed by atoms with Gasteiger partial charge in [0.05, 0.1) is 12.9 Å². The van der Waals surface area contributed by atoms with Crippen molar-refractivity contribution in [2.24, 2.45) is 0 Å². The number of ether oxygens (including phenoxy) is 1. The van der Waals surface area contributed by atoms with E-state index in [1.165, 1.54) is 11.8 Å². The molecule has 0 saturated carbocycles. The maximum Gasteiger partial charge on any atom is 0.173 e. The van der Waals surface area contributed by atoms with Gasteiger partial charge in [0.2, 0.25) is 0 Å². The third kappa shape index (κ3) is 3.94. The van der Waals surface area contributed by atoms with Crippen molar-refractivity contribution in [2.75, 3.05) is 12.9 Å². The van der Waals surface area contributed by atoms with E-state index in [0.29, 0.717) is 21.5 Å². The van der Waals surface area contributed by atoms with Gasteiger partial charge in [-0.25, -0.2) is 0 Å². The predicted molar refractivity (Wildman–Crippen MR) is 75.1 cm³/mol. The third-order valence-corrected chi connectivity index (χ3v) is 3.49. The van der Waals surface area contributed by atoms with Crippen LogP contribution in [0.5, 0.6) is 5.75 Å². The molecule has 98 valence electrons. The zero-order valence-electron chi connectivity index (χ0n) is 10.2. The molecule has 1 aromatic heterocycles. The second-order valence-corrected chi connectivity index (χ2v) is 5.02. The molecular weight excluding hydrogens is 284 g/mol. The second-order valence-electron chi connectivity index (χ2n) is 3.63. The summed E-state index contributed by atoms with van der Waals surface area (Å²) in [5.41, 5.74) is 0.648.